The van der Waals surface area contributed by atoms with Gasteiger partial charge in [0.2, 0.25) is 0 Å². The number of hydrogen-bond acceptors (Lipinski definition) is 5. The fraction of sp³-hybridized carbons (Fsp3) is 0.0833. The minimum Gasteiger partial charge on any atom is -0.258 e. The third kappa shape index (κ3) is 3.18. The van der Waals surface area contributed by atoms with E-state index in [1.165, 1.54) is 12.1 Å². The number of pyridine rings is 1. The minimum absolute atomic E-state index is 0.0583. The van der Waals surface area contributed by atoms with Crippen molar-refractivity contribution in [3.05, 3.63) is 64.3 Å². The maximum absolute atomic E-state index is 10.4. The van der Waals surface area contributed by atoms with Crippen molar-refractivity contribution < 1.29 is 4.92 Å². The maximum atomic E-state index is 10.4. The first kappa shape index (κ1) is 11.8. The molecule has 90 valence electrons. The number of nitrogens with zero attached hydrogens (tertiary/aromatic N) is 4. The molecule has 0 fully saturated rings. The average Bonchev–Trinajstić information content (AvgIpc) is 2.40. The van der Waals surface area contributed by atoms with Gasteiger partial charge in [-0.05, 0) is 11.6 Å². The molecule has 6 heteroatoms. The fourth-order valence-corrected chi connectivity index (χ4v) is 1.32. The van der Waals surface area contributed by atoms with Gasteiger partial charge in [-0.25, -0.2) is 4.98 Å². The van der Waals surface area contributed by atoms with Crippen LogP contribution in [0.5, 0.6) is 0 Å². The lowest BCUT2D eigenvalue weighted by Gasteiger charge is -1.94. The summed E-state index contributed by atoms with van der Waals surface area (Å²) >= 11 is 0. The summed E-state index contributed by atoms with van der Waals surface area (Å²) in [5.41, 5.74) is 0.986. The van der Waals surface area contributed by atoms with E-state index in [0.29, 0.717) is 12.4 Å². The Hall–Kier alpha value is -2.63. The molecule has 0 unspecified atom stereocenters. The van der Waals surface area contributed by atoms with Crippen molar-refractivity contribution in [2.75, 3.05) is 0 Å². The third-order valence-corrected chi connectivity index (χ3v) is 2.21. The number of azo groups is 1. The van der Waals surface area contributed by atoms with Crippen molar-refractivity contribution in [3.8, 4) is 0 Å². The molecule has 1 aromatic carbocycles. The Kier molecular flexibility index (Phi) is 3.70. The fourth-order valence-electron chi connectivity index (χ4n) is 1.32. The molecular weight excluding hydrogens is 232 g/mol. The molecule has 0 bridgehead atoms. The van der Waals surface area contributed by atoms with Crippen LogP contribution < -0.4 is 0 Å². The van der Waals surface area contributed by atoms with Crippen molar-refractivity contribution in [2.24, 2.45) is 10.2 Å². The molecule has 0 aliphatic heterocycles. The summed E-state index contributed by atoms with van der Waals surface area (Å²) in [6.45, 7) is 0.458. The Morgan fingerprint density at radius 2 is 1.94 bits per heavy atom. The standard InChI is InChI=1S/C12H10N4O2/c17-16(18)11-6-7-12(13-9-11)15-14-8-10-4-2-1-3-5-10/h1-7,9H,8H2. The van der Waals surface area contributed by atoms with E-state index < -0.39 is 4.92 Å². The zero-order chi connectivity index (χ0) is 12.8. The summed E-state index contributed by atoms with van der Waals surface area (Å²) in [5, 5.41) is 18.3. The molecule has 1 aromatic heterocycles. The molecular formula is C12H10N4O2. The van der Waals surface area contributed by atoms with Crippen LogP contribution in [-0.4, -0.2) is 9.91 Å². The Balaban J connectivity index is 1.99. The Labute approximate surface area is 103 Å². The van der Waals surface area contributed by atoms with Gasteiger partial charge in [0.1, 0.15) is 6.20 Å². The lowest BCUT2D eigenvalue weighted by Crippen LogP contribution is -1.87. The zero-order valence-electron chi connectivity index (χ0n) is 9.43. The van der Waals surface area contributed by atoms with Crippen molar-refractivity contribution in [2.45, 2.75) is 6.54 Å². The third-order valence-electron chi connectivity index (χ3n) is 2.21. The molecule has 2 rings (SSSR count). The van der Waals surface area contributed by atoms with Crippen LogP contribution in [0, 0.1) is 10.1 Å². The molecule has 0 saturated carbocycles. The highest BCUT2D eigenvalue weighted by molar-refractivity contribution is 5.35. The average molecular weight is 242 g/mol. The number of nitro groups is 1. The molecule has 0 aliphatic carbocycles. The van der Waals surface area contributed by atoms with Crippen LogP contribution in [0.3, 0.4) is 0 Å². The van der Waals surface area contributed by atoms with Crippen molar-refractivity contribution in [1.82, 2.24) is 4.98 Å². The molecule has 0 amide bonds. The summed E-state index contributed by atoms with van der Waals surface area (Å²) < 4.78 is 0. The van der Waals surface area contributed by atoms with E-state index in [4.69, 9.17) is 0 Å². The van der Waals surface area contributed by atoms with E-state index >= 15 is 0 Å². The predicted octanol–water partition coefficient (Wildman–Crippen LogP) is 3.27. The summed E-state index contributed by atoms with van der Waals surface area (Å²) in [7, 11) is 0. The second-order valence-corrected chi connectivity index (χ2v) is 3.52. The van der Waals surface area contributed by atoms with Crippen LogP contribution >= 0.6 is 0 Å². The van der Waals surface area contributed by atoms with Gasteiger partial charge < -0.3 is 0 Å². The van der Waals surface area contributed by atoms with Crippen LogP contribution in [0.25, 0.3) is 0 Å². The van der Waals surface area contributed by atoms with E-state index in [1.54, 1.807) is 0 Å². The van der Waals surface area contributed by atoms with E-state index in [9.17, 15) is 10.1 Å². The van der Waals surface area contributed by atoms with E-state index in [0.717, 1.165) is 11.8 Å². The lowest BCUT2D eigenvalue weighted by atomic mass is 10.2. The summed E-state index contributed by atoms with van der Waals surface area (Å²) in [6.07, 6.45) is 1.16. The largest absolute Gasteiger partial charge is 0.287 e. The monoisotopic (exact) mass is 242 g/mol. The van der Waals surface area contributed by atoms with Gasteiger partial charge >= 0.3 is 0 Å². The van der Waals surface area contributed by atoms with Gasteiger partial charge in [-0.2, -0.15) is 5.11 Å². The smallest absolute Gasteiger partial charge is 0.258 e. The van der Waals surface area contributed by atoms with Crippen molar-refractivity contribution in [3.63, 3.8) is 0 Å². The van der Waals surface area contributed by atoms with E-state index in [2.05, 4.69) is 15.2 Å². The van der Waals surface area contributed by atoms with Gasteiger partial charge in [0.25, 0.3) is 5.69 Å². The van der Waals surface area contributed by atoms with E-state index in [-0.39, 0.29) is 5.69 Å². The molecule has 6 nitrogen and oxygen atoms in total. The number of hydrogen-bond donors (Lipinski definition) is 0. The molecule has 0 N–H and O–H groups in total. The highest BCUT2D eigenvalue weighted by atomic mass is 16.6. The molecule has 1 heterocycles. The van der Waals surface area contributed by atoms with E-state index in [1.807, 2.05) is 30.3 Å². The summed E-state index contributed by atoms with van der Waals surface area (Å²) in [5.74, 6) is 0.358. The first-order valence-electron chi connectivity index (χ1n) is 5.27. The maximum Gasteiger partial charge on any atom is 0.287 e. The molecule has 0 aliphatic rings. The topological polar surface area (TPSA) is 80.8 Å². The van der Waals surface area contributed by atoms with Crippen molar-refractivity contribution in [1.29, 1.82) is 0 Å². The van der Waals surface area contributed by atoms with Crippen LogP contribution in [0.1, 0.15) is 5.56 Å². The second kappa shape index (κ2) is 5.62. The molecule has 18 heavy (non-hydrogen) atoms. The van der Waals surface area contributed by atoms with Gasteiger partial charge in [-0.15, -0.1) is 5.11 Å². The first-order valence-corrected chi connectivity index (χ1v) is 5.27. The molecule has 0 radical (unpaired) electrons. The summed E-state index contributed by atoms with van der Waals surface area (Å²) in [4.78, 5) is 13.7. The minimum atomic E-state index is -0.502. The highest BCUT2D eigenvalue weighted by Gasteiger charge is 2.04. The first-order chi connectivity index (χ1) is 8.75. The lowest BCUT2D eigenvalue weighted by molar-refractivity contribution is -0.385. The number of benzene rings is 1. The summed E-state index contributed by atoms with van der Waals surface area (Å²) in [6, 6.07) is 12.5. The Morgan fingerprint density at radius 1 is 1.17 bits per heavy atom. The Bertz CT molecular complexity index is 552. The molecule has 0 atom stereocenters. The van der Waals surface area contributed by atoms with Crippen LogP contribution in [0.2, 0.25) is 0 Å². The zero-order valence-corrected chi connectivity index (χ0v) is 9.43. The highest BCUT2D eigenvalue weighted by Crippen LogP contribution is 2.14. The molecule has 0 spiro atoms. The quantitative estimate of drug-likeness (QED) is 0.468. The predicted molar refractivity (Wildman–Crippen MR) is 65.6 cm³/mol. The number of rotatable bonds is 4. The SMILES string of the molecule is O=[N+]([O-])c1ccc(N=NCc2ccccc2)nc1. The Morgan fingerprint density at radius 3 is 2.56 bits per heavy atom. The molecule has 2 aromatic rings. The second-order valence-electron chi connectivity index (χ2n) is 3.52. The van der Waals surface area contributed by atoms with Crippen LogP contribution in [0.4, 0.5) is 11.5 Å². The normalized spacial score (nSPS) is 10.7. The molecule has 0 saturated heterocycles. The van der Waals surface area contributed by atoms with Crippen LogP contribution in [-0.2, 0) is 6.54 Å². The van der Waals surface area contributed by atoms with Gasteiger partial charge in [0.05, 0.1) is 11.5 Å². The van der Waals surface area contributed by atoms with Crippen molar-refractivity contribution >= 4 is 11.5 Å². The van der Waals surface area contributed by atoms with Gasteiger partial charge in [-0.3, -0.25) is 10.1 Å². The van der Waals surface area contributed by atoms with Gasteiger partial charge in [0.15, 0.2) is 5.82 Å². The van der Waals surface area contributed by atoms with Crippen LogP contribution in [0.15, 0.2) is 58.9 Å². The number of aromatic nitrogens is 1. The van der Waals surface area contributed by atoms with Gasteiger partial charge in [0, 0.05) is 6.07 Å². The van der Waals surface area contributed by atoms with Gasteiger partial charge in [-0.1, -0.05) is 30.3 Å².